The number of nitrogens with one attached hydrogen (secondary N) is 2. The second kappa shape index (κ2) is 5.68. The molecule has 0 bridgehead atoms. The molecule has 4 heteroatoms. The topological polar surface area (TPSA) is 61.4 Å². The van der Waals surface area contributed by atoms with Crippen molar-refractivity contribution in [2.24, 2.45) is 0 Å². The lowest BCUT2D eigenvalue weighted by Crippen LogP contribution is -2.34. The van der Waals surface area contributed by atoms with E-state index in [9.17, 15) is 9.90 Å². The van der Waals surface area contributed by atoms with E-state index in [1.54, 1.807) is 13.8 Å². The molecule has 1 aromatic carbocycles. The molecule has 0 radical (unpaired) electrons. The summed E-state index contributed by atoms with van der Waals surface area (Å²) in [4.78, 5) is 11.2. The van der Waals surface area contributed by atoms with Gasteiger partial charge >= 0.3 is 6.03 Å². The van der Waals surface area contributed by atoms with Gasteiger partial charge in [0.15, 0.2) is 0 Å². The summed E-state index contributed by atoms with van der Waals surface area (Å²) in [6, 6.07) is 7.38. The van der Waals surface area contributed by atoms with Gasteiger partial charge in [-0.25, -0.2) is 4.79 Å². The molecule has 2 amide bonds. The van der Waals surface area contributed by atoms with Crippen molar-refractivity contribution in [2.45, 2.75) is 32.9 Å². The Bertz CT molecular complexity index is 366. The summed E-state index contributed by atoms with van der Waals surface area (Å²) in [6.07, 6.45) is 0. The van der Waals surface area contributed by atoms with E-state index in [4.69, 9.17) is 0 Å². The first kappa shape index (κ1) is 13.5. The Morgan fingerprint density at radius 1 is 1.24 bits per heavy atom. The zero-order valence-corrected chi connectivity index (χ0v) is 10.6. The zero-order valence-electron chi connectivity index (χ0n) is 10.6. The maximum Gasteiger partial charge on any atom is 0.315 e. The molecule has 0 saturated carbocycles. The van der Waals surface area contributed by atoms with E-state index in [1.807, 2.05) is 31.2 Å². The van der Waals surface area contributed by atoms with Crippen LogP contribution in [0.4, 0.5) is 4.79 Å². The van der Waals surface area contributed by atoms with Gasteiger partial charge in [0, 0.05) is 13.1 Å². The number of hydrogen-bond acceptors (Lipinski definition) is 2. The predicted octanol–water partition coefficient (Wildman–Crippen LogP) is 1.73. The highest BCUT2D eigenvalue weighted by Crippen LogP contribution is 2.19. The number of carbonyl (C=O) groups excluding carboxylic acids is 1. The lowest BCUT2D eigenvalue weighted by atomic mass is 9.97. The molecule has 0 unspecified atom stereocenters. The van der Waals surface area contributed by atoms with Gasteiger partial charge in [-0.2, -0.15) is 0 Å². The molecule has 0 aliphatic heterocycles. The van der Waals surface area contributed by atoms with E-state index in [2.05, 4.69) is 10.6 Å². The minimum atomic E-state index is -0.828. The highest BCUT2D eigenvalue weighted by Gasteiger charge is 2.14. The van der Waals surface area contributed by atoms with Gasteiger partial charge in [0.05, 0.1) is 5.60 Å². The Morgan fingerprint density at radius 3 is 2.29 bits per heavy atom. The molecule has 0 aromatic heterocycles. The van der Waals surface area contributed by atoms with E-state index in [0.717, 1.165) is 11.1 Å². The van der Waals surface area contributed by atoms with Crippen LogP contribution in [0.15, 0.2) is 24.3 Å². The van der Waals surface area contributed by atoms with E-state index >= 15 is 0 Å². The Labute approximate surface area is 102 Å². The van der Waals surface area contributed by atoms with Crippen LogP contribution in [0.2, 0.25) is 0 Å². The van der Waals surface area contributed by atoms with E-state index in [0.29, 0.717) is 13.1 Å². The molecule has 0 heterocycles. The largest absolute Gasteiger partial charge is 0.386 e. The maximum absolute atomic E-state index is 11.2. The summed E-state index contributed by atoms with van der Waals surface area (Å²) in [6.45, 7) is 6.46. The fourth-order valence-electron chi connectivity index (χ4n) is 1.44. The van der Waals surface area contributed by atoms with Crippen LogP contribution in [0.25, 0.3) is 0 Å². The normalized spacial score (nSPS) is 11.1. The van der Waals surface area contributed by atoms with Crippen LogP contribution >= 0.6 is 0 Å². The van der Waals surface area contributed by atoms with Crippen molar-refractivity contribution < 1.29 is 9.90 Å². The number of carbonyl (C=O) groups is 1. The molecule has 4 nitrogen and oxygen atoms in total. The van der Waals surface area contributed by atoms with Crippen molar-refractivity contribution in [3.8, 4) is 0 Å². The summed E-state index contributed by atoms with van der Waals surface area (Å²) in [5.74, 6) is 0. The summed E-state index contributed by atoms with van der Waals surface area (Å²) in [5, 5.41) is 15.2. The van der Waals surface area contributed by atoms with Crippen molar-refractivity contribution in [1.82, 2.24) is 10.6 Å². The van der Waals surface area contributed by atoms with Crippen molar-refractivity contribution in [3.05, 3.63) is 35.4 Å². The standard InChI is InChI=1S/C13H20N2O2/c1-4-14-12(16)15-9-10-5-7-11(8-6-10)13(2,3)17/h5-8,17H,4,9H2,1-3H3,(H2,14,15,16). The highest BCUT2D eigenvalue weighted by atomic mass is 16.3. The highest BCUT2D eigenvalue weighted by molar-refractivity contribution is 5.73. The van der Waals surface area contributed by atoms with Crippen LogP contribution in [-0.4, -0.2) is 17.7 Å². The van der Waals surface area contributed by atoms with Crippen molar-refractivity contribution in [1.29, 1.82) is 0 Å². The van der Waals surface area contributed by atoms with E-state index < -0.39 is 5.60 Å². The molecule has 0 aliphatic rings. The number of urea groups is 1. The Hall–Kier alpha value is -1.55. The van der Waals surface area contributed by atoms with Crippen molar-refractivity contribution in [3.63, 3.8) is 0 Å². The summed E-state index contributed by atoms with van der Waals surface area (Å²) >= 11 is 0. The molecule has 17 heavy (non-hydrogen) atoms. The number of aliphatic hydroxyl groups is 1. The second-order valence-electron chi connectivity index (χ2n) is 4.47. The van der Waals surface area contributed by atoms with E-state index in [-0.39, 0.29) is 6.03 Å². The van der Waals surface area contributed by atoms with Gasteiger partial charge in [0.2, 0.25) is 0 Å². The molecule has 0 atom stereocenters. The summed E-state index contributed by atoms with van der Waals surface area (Å²) < 4.78 is 0. The smallest absolute Gasteiger partial charge is 0.315 e. The summed E-state index contributed by atoms with van der Waals surface area (Å²) in [5.41, 5.74) is 1.04. The lowest BCUT2D eigenvalue weighted by molar-refractivity contribution is 0.0786. The van der Waals surface area contributed by atoms with Gasteiger partial charge in [-0.15, -0.1) is 0 Å². The summed E-state index contributed by atoms with van der Waals surface area (Å²) in [7, 11) is 0. The fourth-order valence-corrected chi connectivity index (χ4v) is 1.44. The average Bonchev–Trinajstić information content (AvgIpc) is 2.26. The zero-order chi connectivity index (χ0) is 12.9. The molecule has 1 aromatic rings. The van der Waals surface area contributed by atoms with Crippen LogP contribution < -0.4 is 10.6 Å². The van der Waals surface area contributed by atoms with Crippen LogP contribution in [-0.2, 0) is 12.1 Å². The third-order valence-electron chi connectivity index (χ3n) is 2.45. The fraction of sp³-hybridized carbons (Fsp3) is 0.462. The second-order valence-corrected chi connectivity index (χ2v) is 4.47. The SMILES string of the molecule is CCNC(=O)NCc1ccc(C(C)(C)O)cc1. The quantitative estimate of drug-likeness (QED) is 0.745. The number of hydrogen-bond donors (Lipinski definition) is 3. The number of benzene rings is 1. The van der Waals surface area contributed by atoms with E-state index in [1.165, 1.54) is 0 Å². The third-order valence-corrected chi connectivity index (χ3v) is 2.45. The average molecular weight is 236 g/mol. The first-order valence-electron chi connectivity index (χ1n) is 5.77. The molecular formula is C13H20N2O2. The first-order valence-corrected chi connectivity index (χ1v) is 5.77. The van der Waals surface area contributed by atoms with Crippen molar-refractivity contribution >= 4 is 6.03 Å². The van der Waals surface area contributed by atoms with Crippen molar-refractivity contribution in [2.75, 3.05) is 6.54 Å². The molecule has 0 fully saturated rings. The Kier molecular flexibility index (Phi) is 4.52. The molecule has 0 aliphatic carbocycles. The van der Waals surface area contributed by atoms with Crippen LogP contribution in [0.1, 0.15) is 31.9 Å². The van der Waals surface area contributed by atoms with Gasteiger partial charge < -0.3 is 15.7 Å². The Morgan fingerprint density at radius 2 is 1.82 bits per heavy atom. The number of rotatable bonds is 4. The van der Waals surface area contributed by atoms with Crippen LogP contribution in [0.3, 0.4) is 0 Å². The predicted molar refractivity (Wildman–Crippen MR) is 67.6 cm³/mol. The lowest BCUT2D eigenvalue weighted by Gasteiger charge is -2.17. The minimum Gasteiger partial charge on any atom is -0.386 e. The van der Waals surface area contributed by atoms with Crippen LogP contribution in [0.5, 0.6) is 0 Å². The molecule has 94 valence electrons. The molecule has 3 N–H and O–H groups in total. The van der Waals surface area contributed by atoms with Gasteiger partial charge in [0.1, 0.15) is 0 Å². The number of amides is 2. The van der Waals surface area contributed by atoms with Gasteiger partial charge in [-0.3, -0.25) is 0 Å². The van der Waals surface area contributed by atoms with Gasteiger partial charge in [-0.05, 0) is 31.9 Å². The molecule has 0 spiro atoms. The third kappa shape index (κ3) is 4.44. The first-order chi connectivity index (χ1) is 7.93. The monoisotopic (exact) mass is 236 g/mol. The minimum absolute atomic E-state index is 0.168. The Balaban J connectivity index is 2.54. The molecular weight excluding hydrogens is 216 g/mol. The van der Waals surface area contributed by atoms with Crippen LogP contribution in [0, 0.1) is 0 Å². The molecule has 0 saturated heterocycles. The molecule has 1 rings (SSSR count). The maximum atomic E-state index is 11.2. The van der Waals surface area contributed by atoms with Gasteiger partial charge in [-0.1, -0.05) is 24.3 Å². The van der Waals surface area contributed by atoms with Gasteiger partial charge in [0.25, 0.3) is 0 Å².